The van der Waals surface area contributed by atoms with Gasteiger partial charge in [-0.3, -0.25) is 4.98 Å². The van der Waals surface area contributed by atoms with Gasteiger partial charge in [0, 0.05) is 23.2 Å². The van der Waals surface area contributed by atoms with Gasteiger partial charge in [-0.15, -0.1) is 0 Å². The minimum atomic E-state index is 0.711. The van der Waals surface area contributed by atoms with Gasteiger partial charge in [-0.05, 0) is 12.1 Å². The molecule has 0 radical (unpaired) electrons. The van der Waals surface area contributed by atoms with Crippen LogP contribution in [0.4, 0.5) is 5.69 Å². The normalized spacial score (nSPS) is 6.89. The van der Waals surface area contributed by atoms with Crippen LogP contribution in [0.3, 0.4) is 0 Å². The standard InChI is InChI=1S/C5H6N2.N2/c6-5-2-1-3-7-4-5;1-2/h1-4H,6H2;. The largest absolute Gasteiger partial charge is 0.397 e. The van der Waals surface area contributed by atoms with Crippen LogP contribution in [0.15, 0.2) is 24.5 Å². The molecule has 9 heavy (non-hydrogen) atoms. The van der Waals surface area contributed by atoms with Crippen LogP contribution in [-0.2, 0) is 0 Å². The van der Waals surface area contributed by atoms with Crippen molar-refractivity contribution in [3.8, 4) is 0 Å². The lowest BCUT2D eigenvalue weighted by atomic mass is 10.4. The number of rotatable bonds is 0. The van der Waals surface area contributed by atoms with E-state index < -0.39 is 0 Å². The second-order valence-electron chi connectivity index (χ2n) is 1.29. The van der Waals surface area contributed by atoms with E-state index in [4.69, 9.17) is 16.5 Å². The SMILES string of the molecule is N#N.Nc1cccnc1. The minimum Gasteiger partial charge on any atom is -0.397 e. The molecule has 1 heterocycles. The van der Waals surface area contributed by atoms with Crippen molar-refractivity contribution in [2.24, 2.45) is 0 Å². The first kappa shape index (κ1) is 7.37. The molecule has 0 fully saturated rings. The third-order valence-electron chi connectivity index (χ3n) is 0.684. The zero-order valence-electron chi connectivity index (χ0n) is 4.73. The van der Waals surface area contributed by atoms with Crippen LogP contribution in [0.2, 0.25) is 0 Å². The van der Waals surface area contributed by atoms with E-state index in [9.17, 15) is 0 Å². The van der Waals surface area contributed by atoms with Crippen molar-refractivity contribution in [1.29, 1.82) is 10.8 Å². The predicted molar refractivity (Wildman–Crippen MR) is 32.1 cm³/mol. The fourth-order valence-corrected chi connectivity index (χ4v) is 0.376. The Hall–Kier alpha value is -1.63. The van der Waals surface area contributed by atoms with Gasteiger partial charge in [-0.25, -0.2) is 0 Å². The molecule has 46 valence electrons. The number of nitrogens with zero attached hydrogens (tertiary/aromatic N) is 3. The van der Waals surface area contributed by atoms with Gasteiger partial charge < -0.3 is 5.73 Å². The van der Waals surface area contributed by atoms with Gasteiger partial charge in [0.25, 0.3) is 0 Å². The summed E-state index contributed by atoms with van der Waals surface area (Å²) >= 11 is 0. The zero-order chi connectivity index (χ0) is 7.11. The highest BCUT2D eigenvalue weighted by molar-refractivity contribution is 5.32. The number of nitrogens with two attached hydrogens (primary N) is 1. The Balaban J connectivity index is 0.000000291. The molecule has 1 rings (SSSR count). The molecule has 0 spiro atoms. The van der Waals surface area contributed by atoms with Crippen molar-refractivity contribution in [3.05, 3.63) is 24.5 Å². The van der Waals surface area contributed by atoms with Crippen LogP contribution in [0, 0.1) is 10.8 Å². The van der Waals surface area contributed by atoms with E-state index in [1.54, 1.807) is 24.5 Å². The van der Waals surface area contributed by atoms with Crippen LogP contribution >= 0.6 is 0 Å². The number of aromatic nitrogens is 1. The summed E-state index contributed by atoms with van der Waals surface area (Å²) in [7, 11) is 0. The molecule has 0 aromatic carbocycles. The van der Waals surface area contributed by atoms with Gasteiger partial charge in [0.2, 0.25) is 0 Å². The summed E-state index contributed by atoms with van der Waals surface area (Å²) in [6.07, 6.45) is 3.30. The van der Waals surface area contributed by atoms with Crippen LogP contribution in [0.25, 0.3) is 0 Å². The summed E-state index contributed by atoms with van der Waals surface area (Å²) in [5.74, 6) is 0. The van der Waals surface area contributed by atoms with Gasteiger partial charge in [-0.2, -0.15) is 0 Å². The Morgan fingerprint density at radius 1 is 1.44 bits per heavy atom. The van der Waals surface area contributed by atoms with Gasteiger partial charge in [-0.1, -0.05) is 0 Å². The molecule has 2 N–H and O–H groups in total. The summed E-state index contributed by atoms with van der Waals surface area (Å²) < 4.78 is 0. The third-order valence-corrected chi connectivity index (χ3v) is 0.684. The monoisotopic (exact) mass is 122 g/mol. The second-order valence-corrected chi connectivity index (χ2v) is 1.29. The van der Waals surface area contributed by atoms with E-state index >= 15 is 0 Å². The molecular formula is C5H6N4. The Morgan fingerprint density at radius 2 is 2.11 bits per heavy atom. The molecule has 0 bridgehead atoms. The second kappa shape index (κ2) is 4.53. The quantitative estimate of drug-likeness (QED) is 0.513. The fraction of sp³-hybridized carbons (Fsp3) is 0. The van der Waals surface area contributed by atoms with Crippen LogP contribution in [-0.4, -0.2) is 4.98 Å². The summed E-state index contributed by atoms with van der Waals surface area (Å²) in [5.41, 5.74) is 6.01. The summed E-state index contributed by atoms with van der Waals surface area (Å²) in [6, 6.07) is 3.60. The molecule has 1 aromatic heterocycles. The van der Waals surface area contributed by atoms with Gasteiger partial charge >= 0.3 is 0 Å². The Kier molecular flexibility index (Phi) is 3.71. The highest BCUT2D eigenvalue weighted by atomic mass is 14.7. The fourth-order valence-electron chi connectivity index (χ4n) is 0.376. The minimum absolute atomic E-state index is 0.711. The Morgan fingerprint density at radius 3 is 2.33 bits per heavy atom. The number of hydrogen-bond donors (Lipinski definition) is 1. The van der Waals surface area contributed by atoms with Crippen molar-refractivity contribution < 1.29 is 0 Å². The smallest absolute Gasteiger partial charge is 0.0500 e. The van der Waals surface area contributed by atoms with E-state index in [1.165, 1.54) is 0 Å². The molecule has 0 saturated heterocycles. The number of anilines is 1. The van der Waals surface area contributed by atoms with Crippen LogP contribution in [0.5, 0.6) is 0 Å². The van der Waals surface area contributed by atoms with Crippen molar-refractivity contribution in [3.63, 3.8) is 0 Å². The molecule has 0 amide bonds. The molecular weight excluding hydrogens is 116 g/mol. The zero-order valence-corrected chi connectivity index (χ0v) is 4.73. The molecule has 0 aliphatic rings. The van der Waals surface area contributed by atoms with Crippen LogP contribution in [0.1, 0.15) is 0 Å². The molecule has 0 atom stereocenters. The number of hydrogen-bond acceptors (Lipinski definition) is 4. The first-order valence-electron chi connectivity index (χ1n) is 2.25. The van der Waals surface area contributed by atoms with Gasteiger partial charge in [0.05, 0.1) is 5.69 Å². The highest BCUT2D eigenvalue weighted by Crippen LogP contribution is 1.92. The first-order chi connectivity index (χ1) is 4.39. The third kappa shape index (κ3) is 3.00. The lowest BCUT2D eigenvalue weighted by Gasteiger charge is -1.83. The first-order valence-corrected chi connectivity index (χ1v) is 2.25. The van der Waals surface area contributed by atoms with E-state index in [-0.39, 0.29) is 0 Å². The molecule has 0 aliphatic heterocycles. The number of pyridine rings is 1. The summed E-state index contributed by atoms with van der Waals surface area (Å²) in [6.45, 7) is 0. The van der Waals surface area contributed by atoms with Crippen LogP contribution < -0.4 is 5.73 Å². The lowest BCUT2D eigenvalue weighted by molar-refractivity contribution is 1.15. The van der Waals surface area contributed by atoms with Gasteiger partial charge in [0.1, 0.15) is 0 Å². The van der Waals surface area contributed by atoms with E-state index in [2.05, 4.69) is 4.98 Å². The molecule has 0 unspecified atom stereocenters. The molecule has 0 saturated carbocycles. The molecule has 0 aliphatic carbocycles. The Bertz CT molecular complexity index is 169. The van der Waals surface area contributed by atoms with E-state index in [1.807, 2.05) is 0 Å². The summed E-state index contributed by atoms with van der Waals surface area (Å²) in [4.78, 5) is 3.76. The van der Waals surface area contributed by atoms with Crippen molar-refractivity contribution >= 4 is 5.69 Å². The maximum atomic E-state index is 6.00. The molecule has 4 nitrogen and oxygen atoms in total. The molecule has 1 aromatic rings. The molecule has 4 heteroatoms. The topological polar surface area (TPSA) is 86.5 Å². The number of nitrogen functional groups attached to an aromatic ring is 1. The lowest BCUT2D eigenvalue weighted by Crippen LogP contribution is -1.82. The summed E-state index contributed by atoms with van der Waals surface area (Å²) in [5, 5.41) is 12.0. The average Bonchev–Trinajstić information content (AvgIpc) is 1.94. The van der Waals surface area contributed by atoms with E-state index in [0.717, 1.165) is 0 Å². The van der Waals surface area contributed by atoms with Crippen molar-refractivity contribution in [2.75, 3.05) is 5.73 Å². The van der Waals surface area contributed by atoms with E-state index in [0.29, 0.717) is 5.69 Å². The predicted octanol–water partition coefficient (Wildman–Crippen LogP) is 0.694. The van der Waals surface area contributed by atoms with Crippen molar-refractivity contribution in [1.82, 2.24) is 4.98 Å². The maximum Gasteiger partial charge on any atom is 0.0500 e. The van der Waals surface area contributed by atoms with Gasteiger partial charge in [0.15, 0.2) is 0 Å². The average molecular weight is 122 g/mol. The maximum absolute atomic E-state index is 6.00. The van der Waals surface area contributed by atoms with Crippen molar-refractivity contribution in [2.45, 2.75) is 0 Å². The Labute approximate surface area is 52.7 Å². The highest BCUT2D eigenvalue weighted by Gasteiger charge is 1.73.